The molecule has 0 radical (unpaired) electrons. The molecule has 1 saturated carbocycles. The molecule has 0 spiro atoms. The fourth-order valence-corrected chi connectivity index (χ4v) is 3.43. The summed E-state index contributed by atoms with van der Waals surface area (Å²) in [5.41, 5.74) is 1.76. The highest BCUT2D eigenvalue weighted by Crippen LogP contribution is 2.50. The van der Waals surface area contributed by atoms with Crippen molar-refractivity contribution in [3.8, 4) is 5.75 Å². The zero-order chi connectivity index (χ0) is 13.5. The van der Waals surface area contributed by atoms with Gasteiger partial charge in [-0.3, -0.25) is 0 Å². The van der Waals surface area contributed by atoms with Crippen molar-refractivity contribution in [3.63, 3.8) is 0 Å². The molecule has 0 amide bonds. The van der Waals surface area contributed by atoms with Gasteiger partial charge in [0.1, 0.15) is 11.4 Å². The zero-order valence-electron chi connectivity index (χ0n) is 12.3. The van der Waals surface area contributed by atoms with Crippen LogP contribution in [0.3, 0.4) is 0 Å². The first-order valence-electron chi connectivity index (χ1n) is 7.58. The molecule has 2 nitrogen and oxygen atoms in total. The number of rotatable bonds is 5. The molecule has 1 aromatic rings. The molecule has 1 heterocycles. The number of hydrogen-bond donors (Lipinski definition) is 1. The van der Waals surface area contributed by atoms with Crippen molar-refractivity contribution >= 4 is 0 Å². The van der Waals surface area contributed by atoms with Crippen molar-refractivity contribution in [3.05, 3.63) is 29.8 Å². The van der Waals surface area contributed by atoms with Crippen LogP contribution in [0.15, 0.2) is 24.3 Å². The summed E-state index contributed by atoms with van der Waals surface area (Å²) in [6.07, 6.45) is 5.44. The second-order valence-corrected chi connectivity index (χ2v) is 6.81. The number of para-hydroxylation sites is 1. The Morgan fingerprint density at radius 3 is 2.68 bits per heavy atom. The minimum absolute atomic E-state index is 0.147. The van der Waals surface area contributed by atoms with Gasteiger partial charge < -0.3 is 10.1 Å². The summed E-state index contributed by atoms with van der Waals surface area (Å²) >= 11 is 0. The third kappa shape index (κ3) is 2.38. The van der Waals surface area contributed by atoms with Crippen molar-refractivity contribution in [2.24, 2.45) is 5.41 Å². The zero-order valence-corrected chi connectivity index (χ0v) is 12.3. The van der Waals surface area contributed by atoms with Crippen LogP contribution in [0.25, 0.3) is 0 Å². The maximum atomic E-state index is 6.09. The molecule has 3 rings (SSSR count). The molecule has 1 N–H and O–H groups in total. The van der Waals surface area contributed by atoms with Gasteiger partial charge in [-0.25, -0.2) is 0 Å². The summed E-state index contributed by atoms with van der Waals surface area (Å²) in [6.45, 7) is 7.79. The van der Waals surface area contributed by atoms with E-state index in [0.717, 1.165) is 12.3 Å². The molecule has 0 aromatic heterocycles. The molecular formula is C17H25NO. The van der Waals surface area contributed by atoms with Crippen molar-refractivity contribution in [2.45, 2.75) is 58.1 Å². The second kappa shape index (κ2) is 4.52. The highest BCUT2D eigenvalue weighted by Gasteiger charge is 2.45. The molecular weight excluding hydrogens is 234 g/mol. The van der Waals surface area contributed by atoms with Gasteiger partial charge in [-0.05, 0) is 44.6 Å². The quantitative estimate of drug-likeness (QED) is 0.860. The lowest BCUT2D eigenvalue weighted by molar-refractivity contribution is 0.0935. The molecule has 19 heavy (non-hydrogen) atoms. The highest BCUT2D eigenvalue weighted by atomic mass is 16.5. The molecule has 104 valence electrons. The van der Waals surface area contributed by atoms with Crippen LogP contribution in [0.1, 0.15) is 58.1 Å². The van der Waals surface area contributed by atoms with Crippen LogP contribution in [0.5, 0.6) is 5.75 Å². The SMILES string of the molecule is CCCC1(CNC2c3ccccc3OC2(C)C)CC1. The van der Waals surface area contributed by atoms with E-state index >= 15 is 0 Å². The van der Waals surface area contributed by atoms with Crippen molar-refractivity contribution < 1.29 is 4.74 Å². The molecule has 1 aliphatic carbocycles. The summed E-state index contributed by atoms with van der Waals surface area (Å²) in [5.74, 6) is 1.05. The lowest BCUT2D eigenvalue weighted by Crippen LogP contribution is -2.41. The van der Waals surface area contributed by atoms with Crippen LogP contribution in [0.2, 0.25) is 0 Å². The van der Waals surface area contributed by atoms with E-state index in [4.69, 9.17) is 4.74 Å². The monoisotopic (exact) mass is 259 g/mol. The van der Waals surface area contributed by atoms with Gasteiger partial charge >= 0.3 is 0 Å². The summed E-state index contributed by atoms with van der Waals surface area (Å²) in [4.78, 5) is 0. The molecule has 2 aliphatic rings. The van der Waals surface area contributed by atoms with Gasteiger partial charge in [0.15, 0.2) is 0 Å². The molecule has 1 fully saturated rings. The summed E-state index contributed by atoms with van der Waals surface area (Å²) in [5, 5.41) is 3.79. The van der Waals surface area contributed by atoms with E-state index in [1.165, 1.54) is 31.2 Å². The van der Waals surface area contributed by atoms with Crippen LogP contribution >= 0.6 is 0 Å². The first-order valence-corrected chi connectivity index (χ1v) is 7.58. The topological polar surface area (TPSA) is 21.3 Å². The van der Waals surface area contributed by atoms with E-state index in [0.29, 0.717) is 11.5 Å². The molecule has 1 unspecified atom stereocenters. The Balaban J connectivity index is 1.73. The Morgan fingerprint density at radius 1 is 1.26 bits per heavy atom. The predicted molar refractivity (Wildman–Crippen MR) is 78.5 cm³/mol. The van der Waals surface area contributed by atoms with Crippen LogP contribution in [-0.4, -0.2) is 12.1 Å². The summed E-state index contributed by atoms with van der Waals surface area (Å²) in [7, 11) is 0. The normalized spacial score (nSPS) is 25.7. The maximum Gasteiger partial charge on any atom is 0.125 e. The van der Waals surface area contributed by atoms with E-state index < -0.39 is 0 Å². The smallest absolute Gasteiger partial charge is 0.125 e. The third-order valence-electron chi connectivity index (χ3n) is 4.72. The number of fused-ring (bicyclic) bond motifs is 1. The van der Waals surface area contributed by atoms with Crippen LogP contribution in [0, 0.1) is 5.41 Å². The number of hydrogen-bond acceptors (Lipinski definition) is 2. The van der Waals surface area contributed by atoms with Crippen molar-refractivity contribution in [1.29, 1.82) is 0 Å². The standard InChI is InChI=1S/C17H25NO/c1-4-9-17(10-11-17)12-18-15-13-7-5-6-8-14(13)19-16(15,2)3/h5-8,15,18H,4,9-12H2,1-3H3. The minimum Gasteiger partial charge on any atom is -0.486 e. The Morgan fingerprint density at radius 2 is 2.00 bits per heavy atom. The second-order valence-electron chi connectivity index (χ2n) is 6.81. The summed E-state index contributed by atoms with van der Waals surface area (Å²) < 4.78 is 6.09. The largest absolute Gasteiger partial charge is 0.486 e. The molecule has 1 atom stereocenters. The van der Waals surface area contributed by atoms with Gasteiger partial charge in [0.2, 0.25) is 0 Å². The molecule has 2 heteroatoms. The van der Waals surface area contributed by atoms with E-state index in [1.54, 1.807) is 0 Å². The average Bonchev–Trinajstić information content (AvgIpc) is 3.05. The van der Waals surface area contributed by atoms with Gasteiger partial charge in [0, 0.05) is 12.1 Å². The van der Waals surface area contributed by atoms with Gasteiger partial charge in [0.25, 0.3) is 0 Å². The van der Waals surface area contributed by atoms with Gasteiger partial charge in [-0.15, -0.1) is 0 Å². The van der Waals surface area contributed by atoms with Gasteiger partial charge in [-0.1, -0.05) is 31.5 Å². The van der Waals surface area contributed by atoms with Gasteiger partial charge in [-0.2, -0.15) is 0 Å². The van der Waals surface area contributed by atoms with Gasteiger partial charge in [0.05, 0.1) is 6.04 Å². The van der Waals surface area contributed by atoms with E-state index in [9.17, 15) is 0 Å². The minimum atomic E-state index is -0.147. The van der Waals surface area contributed by atoms with Crippen LogP contribution in [0.4, 0.5) is 0 Å². The lowest BCUT2D eigenvalue weighted by Gasteiger charge is -2.29. The maximum absolute atomic E-state index is 6.09. The number of ether oxygens (including phenoxy) is 1. The molecule has 0 saturated heterocycles. The summed E-state index contributed by atoms with van der Waals surface area (Å²) in [6, 6.07) is 8.75. The fourth-order valence-electron chi connectivity index (χ4n) is 3.43. The fraction of sp³-hybridized carbons (Fsp3) is 0.647. The average molecular weight is 259 g/mol. The highest BCUT2D eigenvalue weighted by molar-refractivity contribution is 5.42. The van der Waals surface area contributed by atoms with E-state index in [-0.39, 0.29) is 5.60 Å². The Hall–Kier alpha value is -1.02. The molecule has 0 bridgehead atoms. The Bertz CT molecular complexity index is 462. The predicted octanol–water partition coefficient (Wildman–Crippen LogP) is 4.07. The van der Waals surface area contributed by atoms with Crippen LogP contribution in [-0.2, 0) is 0 Å². The third-order valence-corrected chi connectivity index (χ3v) is 4.72. The lowest BCUT2D eigenvalue weighted by atomic mass is 9.92. The van der Waals surface area contributed by atoms with E-state index in [2.05, 4.69) is 50.4 Å². The molecule has 1 aromatic carbocycles. The number of benzene rings is 1. The Kier molecular flexibility index (Phi) is 3.09. The van der Waals surface area contributed by atoms with Crippen LogP contribution < -0.4 is 10.1 Å². The number of nitrogens with one attached hydrogen (secondary N) is 1. The van der Waals surface area contributed by atoms with Crippen molar-refractivity contribution in [1.82, 2.24) is 5.32 Å². The van der Waals surface area contributed by atoms with Crippen molar-refractivity contribution in [2.75, 3.05) is 6.54 Å². The first-order chi connectivity index (χ1) is 9.06. The first kappa shape index (κ1) is 13.0. The van der Waals surface area contributed by atoms with E-state index in [1.807, 2.05) is 0 Å². The molecule has 1 aliphatic heterocycles. The Labute approximate surface area is 116 Å².